The maximum absolute atomic E-state index is 12.5. The van der Waals surface area contributed by atoms with Gasteiger partial charge < -0.3 is 24.8 Å². The molecule has 1 aromatic heterocycles. The SMILES string of the molecule is COc1ccc(N2CCN(C(=O)CNC(=O)c3cc4ccccc4[nH]3)CC2)cc1. The van der Waals surface area contributed by atoms with Gasteiger partial charge in [0.2, 0.25) is 5.91 Å². The number of aromatic nitrogens is 1. The molecule has 1 saturated heterocycles. The number of ether oxygens (including phenoxy) is 1. The van der Waals surface area contributed by atoms with Crippen LogP contribution >= 0.6 is 0 Å². The Kier molecular flexibility index (Phi) is 5.37. The lowest BCUT2D eigenvalue weighted by Gasteiger charge is -2.36. The fourth-order valence-electron chi connectivity index (χ4n) is 3.57. The second-order valence-corrected chi connectivity index (χ2v) is 7.02. The number of nitrogens with one attached hydrogen (secondary N) is 2. The minimum Gasteiger partial charge on any atom is -0.497 e. The van der Waals surface area contributed by atoms with E-state index in [9.17, 15) is 9.59 Å². The first-order valence-electron chi connectivity index (χ1n) is 9.67. The highest BCUT2D eigenvalue weighted by molar-refractivity contribution is 5.99. The van der Waals surface area contributed by atoms with Gasteiger partial charge in [-0.1, -0.05) is 18.2 Å². The van der Waals surface area contributed by atoms with Crippen LogP contribution in [-0.4, -0.2) is 61.5 Å². The third kappa shape index (κ3) is 4.18. The van der Waals surface area contributed by atoms with Gasteiger partial charge in [0.25, 0.3) is 5.91 Å². The molecule has 1 fully saturated rings. The van der Waals surface area contributed by atoms with Gasteiger partial charge in [0.15, 0.2) is 0 Å². The van der Waals surface area contributed by atoms with Gasteiger partial charge in [0.1, 0.15) is 11.4 Å². The van der Waals surface area contributed by atoms with E-state index in [1.165, 1.54) is 0 Å². The smallest absolute Gasteiger partial charge is 0.268 e. The summed E-state index contributed by atoms with van der Waals surface area (Å²) in [4.78, 5) is 32.0. The molecule has 150 valence electrons. The summed E-state index contributed by atoms with van der Waals surface area (Å²) in [6.07, 6.45) is 0. The largest absolute Gasteiger partial charge is 0.497 e. The number of carbonyl (C=O) groups excluding carboxylic acids is 2. The normalized spacial score (nSPS) is 14.1. The second-order valence-electron chi connectivity index (χ2n) is 7.02. The van der Waals surface area contributed by atoms with Crippen molar-refractivity contribution in [3.63, 3.8) is 0 Å². The molecular formula is C22H24N4O3. The number of hydrogen-bond donors (Lipinski definition) is 2. The summed E-state index contributed by atoms with van der Waals surface area (Å²) >= 11 is 0. The minimum atomic E-state index is -0.272. The van der Waals surface area contributed by atoms with E-state index in [2.05, 4.69) is 15.2 Å². The zero-order chi connectivity index (χ0) is 20.2. The predicted molar refractivity (Wildman–Crippen MR) is 112 cm³/mol. The van der Waals surface area contributed by atoms with Crippen molar-refractivity contribution < 1.29 is 14.3 Å². The number of piperazine rings is 1. The van der Waals surface area contributed by atoms with Crippen LogP contribution in [0, 0.1) is 0 Å². The highest BCUT2D eigenvalue weighted by Gasteiger charge is 2.22. The lowest BCUT2D eigenvalue weighted by atomic mass is 10.2. The fourth-order valence-corrected chi connectivity index (χ4v) is 3.57. The van der Waals surface area contributed by atoms with Crippen LogP contribution < -0.4 is 15.0 Å². The molecule has 0 bridgehead atoms. The Morgan fingerprint density at radius 1 is 1.03 bits per heavy atom. The Morgan fingerprint density at radius 3 is 2.45 bits per heavy atom. The van der Waals surface area contributed by atoms with Crippen molar-refractivity contribution in [2.75, 3.05) is 44.7 Å². The van der Waals surface area contributed by atoms with Crippen molar-refractivity contribution in [1.29, 1.82) is 0 Å². The summed E-state index contributed by atoms with van der Waals surface area (Å²) in [5.74, 6) is 0.489. The molecule has 2 amide bonds. The molecule has 2 N–H and O–H groups in total. The first-order valence-corrected chi connectivity index (χ1v) is 9.67. The molecule has 0 unspecified atom stereocenters. The summed E-state index contributed by atoms with van der Waals surface area (Å²) in [6.45, 7) is 2.78. The van der Waals surface area contributed by atoms with Crippen molar-refractivity contribution in [3.05, 3.63) is 60.3 Å². The number of aromatic amines is 1. The summed E-state index contributed by atoms with van der Waals surface area (Å²) in [5, 5.41) is 3.69. The molecule has 7 nitrogen and oxygen atoms in total. The number of hydrogen-bond acceptors (Lipinski definition) is 4. The molecular weight excluding hydrogens is 368 g/mol. The molecule has 0 spiro atoms. The molecule has 2 heterocycles. The maximum Gasteiger partial charge on any atom is 0.268 e. The highest BCUT2D eigenvalue weighted by Crippen LogP contribution is 2.20. The van der Waals surface area contributed by atoms with Gasteiger partial charge in [-0.15, -0.1) is 0 Å². The van der Waals surface area contributed by atoms with Crippen LogP contribution in [0.5, 0.6) is 5.75 Å². The van der Waals surface area contributed by atoms with Gasteiger partial charge in [-0.25, -0.2) is 0 Å². The molecule has 0 atom stereocenters. The van der Waals surface area contributed by atoms with Crippen LogP contribution in [0.3, 0.4) is 0 Å². The summed E-state index contributed by atoms with van der Waals surface area (Å²) in [5.41, 5.74) is 2.48. The second kappa shape index (κ2) is 8.26. The van der Waals surface area contributed by atoms with E-state index in [0.717, 1.165) is 35.4 Å². The van der Waals surface area contributed by atoms with E-state index < -0.39 is 0 Å². The summed E-state index contributed by atoms with van der Waals surface area (Å²) in [6, 6.07) is 17.4. The molecule has 1 aliphatic heterocycles. The Bertz CT molecular complexity index is 971. The van der Waals surface area contributed by atoms with E-state index in [4.69, 9.17) is 4.74 Å². The van der Waals surface area contributed by atoms with Gasteiger partial charge in [-0.3, -0.25) is 9.59 Å². The van der Waals surface area contributed by atoms with E-state index in [1.807, 2.05) is 48.5 Å². The number of fused-ring (bicyclic) bond motifs is 1. The van der Waals surface area contributed by atoms with Gasteiger partial charge in [-0.2, -0.15) is 0 Å². The molecule has 0 saturated carbocycles. The highest BCUT2D eigenvalue weighted by atomic mass is 16.5. The number of rotatable bonds is 5. The van der Waals surface area contributed by atoms with E-state index in [-0.39, 0.29) is 18.4 Å². The number of anilines is 1. The van der Waals surface area contributed by atoms with Crippen LogP contribution in [0.2, 0.25) is 0 Å². The van der Waals surface area contributed by atoms with E-state index >= 15 is 0 Å². The lowest BCUT2D eigenvalue weighted by Crippen LogP contribution is -2.51. The van der Waals surface area contributed by atoms with E-state index in [1.54, 1.807) is 18.1 Å². The molecule has 0 radical (unpaired) electrons. The summed E-state index contributed by atoms with van der Waals surface area (Å²) < 4.78 is 5.19. The quantitative estimate of drug-likeness (QED) is 0.698. The standard InChI is InChI=1S/C22H24N4O3/c1-29-18-8-6-17(7-9-18)25-10-12-26(13-11-25)21(27)15-23-22(28)20-14-16-4-2-3-5-19(16)24-20/h2-9,14,24H,10-13,15H2,1H3,(H,23,28). The molecule has 1 aliphatic rings. The van der Waals surface area contributed by atoms with Crippen LogP contribution in [0.1, 0.15) is 10.5 Å². The van der Waals surface area contributed by atoms with Crippen molar-refractivity contribution in [3.8, 4) is 5.75 Å². The number of nitrogens with zero attached hydrogens (tertiary/aromatic N) is 2. The van der Waals surface area contributed by atoms with Crippen molar-refractivity contribution in [1.82, 2.24) is 15.2 Å². The van der Waals surface area contributed by atoms with Crippen LogP contribution in [0.4, 0.5) is 5.69 Å². The molecule has 4 rings (SSSR count). The molecule has 2 aromatic carbocycles. The number of carbonyl (C=O) groups is 2. The summed E-state index contributed by atoms with van der Waals surface area (Å²) in [7, 11) is 1.65. The average molecular weight is 392 g/mol. The first kappa shape index (κ1) is 18.9. The van der Waals surface area contributed by atoms with Crippen LogP contribution in [0.15, 0.2) is 54.6 Å². The Morgan fingerprint density at radius 2 is 1.76 bits per heavy atom. The first-order chi connectivity index (χ1) is 14.1. The molecule has 29 heavy (non-hydrogen) atoms. The third-order valence-electron chi connectivity index (χ3n) is 5.24. The zero-order valence-corrected chi connectivity index (χ0v) is 16.4. The van der Waals surface area contributed by atoms with Crippen LogP contribution in [-0.2, 0) is 4.79 Å². The number of methoxy groups -OCH3 is 1. The Labute approximate surface area is 169 Å². The molecule has 0 aliphatic carbocycles. The van der Waals surface area contributed by atoms with Crippen molar-refractivity contribution >= 4 is 28.4 Å². The van der Waals surface area contributed by atoms with Gasteiger partial charge in [0, 0.05) is 42.8 Å². The fraction of sp³-hybridized carbons (Fsp3) is 0.273. The van der Waals surface area contributed by atoms with Gasteiger partial charge in [-0.05, 0) is 36.4 Å². The average Bonchev–Trinajstić information content (AvgIpc) is 3.22. The van der Waals surface area contributed by atoms with Crippen LogP contribution in [0.25, 0.3) is 10.9 Å². The number of benzene rings is 2. The van der Waals surface area contributed by atoms with Crippen molar-refractivity contribution in [2.24, 2.45) is 0 Å². The molecule has 3 aromatic rings. The molecule has 7 heteroatoms. The monoisotopic (exact) mass is 392 g/mol. The van der Waals surface area contributed by atoms with Gasteiger partial charge >= 0.3 is 0 Å². The topological polar surface area (TPSA) is 77.7 Å². The predicted octanol–water partition coefficient (Wildman–Crippen LogP) is 2.26. The minimum absolute atomic E-state index is 0.00324. The van der Waals surface area contributed by atoms with Crippen molar-refractivity contribution in [2.45, 2.75) is 0 Å². The number of para-hydroxylation sites is 1. The lowest BCUT2D eigenvalue weighted by molar-refractivity contribution is -0.130. The zero-order valence-electron chi connectivity index (χ0n) is 16.4. The Hall–Kier alpha value is -3.48. The van der Waals surface area contributed by atoms with E-state index in [0.29, 0.717) is 18.8 Å². The number of H-pyrrole nitrogens is 1. The Balaban J connectivity index is 1.27. The van der Waals surface area contributed by atoms with Gasteiger partial charge in [0.05, 0.1) is 13.7 Å². The number of amides is 2. The third-order valence-corrected chi connectivity index (χ3v) is 5.24. The maximum atomic E-state index is 12.5.